The molecule has 8 nitrogen and oxygen atoms in total. The second-order valence-corrected chi connectivity index (χ2v) is 12.4. The van der Waals surface area contributed by atoms with Gasteiger partial charge in [-0.15, -0.1) is 0 Å². The van der Waals surface area contributed by atoms with Gasteiger partial charge in [0.05, 0.1) is 40.3 Å². The second kappa shape index (κ2) is 28.1. The third kappa shape index (κ3) is 26.0. The molecule has 0 heterocycles. The molecule has 0 saturated carbocycles. The van der Waals surface area contributed by atoms with Crippen LogP contribution >= 0.6 is 0 Å². The van der Waals surface area contributed by atoms with Crippen molar-refractivity contribution in [2.75, 3.05) is 41.0 Å². The van der Waals surface area contributed by atoms with Crippen LogP contribution in [0.1, 0.15) is 123 Å². The molecule has 0 rings (SSSR count). The van der Waals surface area contributed by atoms with Gasteiger partial charge in [0.2, 0.25) is 0 Å². The van der Waals surface area contributed by atoms with E-state index in [1.54, 1.807) is 21.1 Å². The summed E-state index contributed by atoms with van der Waals surface area (Å²) in [5, 5.41) is 11.5. The molecule has 0 spiro atoms. The molecule has 0 aliphatic carbocycles. The monoisotopic (exact) mass is 621 g/mol. The van der Waals surface area contributed by atoms with Gasteiger partial charge >= 0.3 is 11.9 Å². The Morgan fingerprint density at radius 3 is 1.93 bits per heavy atom. The Morgan fingerprint density at radius 1 is 0.705 bits per heavy atom. The van der Waals surface area contributed by atoms with Crippen LogP contribution in [0.3, 0.4) is 0 Å². The van der Waals surface area contributed by atoms with E-state index in [2.05, 4.69) is 50.3 Å². The van der Waals surface area contributed by atoms with Gasteiger partial charge in [-0.25, -0.2) is 0 Å². The van der Waals surface area contributed by atoms with Crippen molar-refractivity contribution in [3.8, 4) is 0 Å². The lowest BCUT2D eigenvalue weighted by Crippen LogP contribution is -2.55. The number of unbranched alkanes of at least 4 members (excludes halogenated alkanes) is 9. The van der Waals surface area contributed by atoms with Crippen molar-refractivity contribution in [3.63, 3.8) is 0 Å². The Kier molecular flexibility index (Phi) is 26.5. The molecule has 0 aromatic carbocycles. The number of allylic oxidation sites excluding steroid dienone is 6. The summed E-state index contributed by atoms with van der Waals surface area (Å²) < 4.78 is 16.9. The number of carbonyl (C=O) groups excluding carboxylic acids is 3. The third-order valence-electron chi connectivity index (χ3n) is 7.26. The van der Waals surface area contributed by atoms with Gasteiger partial charge in [0.1, 0.15) is 12.6 Å². The summed E-state index contributed by atoms with van der Waals surface area (Å²) in [6, 6.07) is -0.728. The van der Waals surface area contributed by atoms with Crippen molar-refractivity contribution in [1.82, 2.24) is 0 Å². The maximum absolute atomic E-state index is 12.5. The van der Waals surface area contributed by atoms with E-state index in [1.165, 1.54) is 12.8 Å². The van der Waals surface area contributed by atoms with Crippen LogP contribution < -0.4 is 5.11 Å². The van der Waals surface area contributed by atoms with E-state index >= 15 is 0 Å². The number of quaternary nitrogens is 1. The van der Waals surface area contributed by atoms with Gasteiger partial charge in [0.15, 0.2) is 6.10 Å². The van der Waals surface area contributed by atoms with Crippen molar-refractivity contribution in [2.24, 2.45) is 0 Å². The Bertz CT molecular complexity index is 829. The number of hydrogen-bond donors (Lipinski definition) is 0. The molecule has 0 radical (unpaired) electrons. The molecular formula is C36H63NO7. The Balaban J connectivity index is 4.55. The van der Waals surface area contributed by atoms with Crippen molar-refractivity contribution < 1.29 is 38.2 Å². The molecule has 0 amide bonds. The molecule has 254 valence electrons. The maximum atomic E-state index is 12.5. The molecule has 0 saturated heterocycles. The molecule has 0 aromatic heterocycles. The topological polar surface area (TPSA) is 102 Å². The van der Waals surface area contributed by atoms with Gasteiger partial charge < -0.3 is 28.6 Å². The Hall–Kier alpha value is -2.45. The summed E-state index contributed by atoms with van der Waals surface area (Å²) >= 11 is 0. The molecule has 8 heteroatoms. The average molecular weight is 622 g/mol. The summed E-state index contributed by atoms with van der Waals surface area (Å²) in [6.45, 7) is 4.41. The van der Waals surface area contributed by atoms with E-state index in [0.717, 1.165) is 77.0 Å². The van der Waals surface area contributed by atoms with Crippen LogP contribution in [0.25, 0.3) is 0 Å². The van der Waals surface area contributed by atoms with Gasteiger partial charge in [-0.2, -0.15) is 0 Å². The first kappa shape index (κ1) is 41.5. The number of ether oxygens (including phenoxy) is 3. The molecule has 0 bridgehead atoms. The van der Waals surface area contributed by atoms with Crippen LogP contribution in [0, 0.1) is 0 Å². The Labute approximate surface area is 268 Å². The van der Waals surface area contributed by atoms with Crippen LogP contribution in [0.5, 0.6) is 0 Å². The van der Waals surface area contributed by atoms with Crippen molar-refractivity contribution in [3.05, 3.63) is 36.5 Å². The van der Waals surface area contributed by atoms with Gasteiger partial charge in [0, 0.05) is 19.3 Å². The van der Waals surface area contributed by atoms with E-state index in [9.17, 15) is 19.5 Å². The molecule has 0 aliphatic rings. The van der Waals surface area contributed by atoms with Crippen LogP contribution in [0.15, 0.2) is 36.5 Å². The molecule has 0 aromatic rings. The largest absolute Gasteiger partial charge is 0.544 e. The predicted octanol–water partition coefficient (Wildman–Crippen LogP) is 6.62. The minimum atomic E-state index is -1.13. The molecule has 44 heavy (non-hydrogen) atoms. The lowest BCUT2D eigenvalue weighted by atomic mass is 10.1. The average Bonchev–Trinajstić information content (AvgIpc) is 2.96. The molecule has 0 fully saturated rings. The van der Waals surface area contributed by atoms with E-state index in [-0.39, 0.29) is 42.7 Å². The summed E-state index contributed by atoms with van der Waals surface area (Å²) in [4.78, 5) is 36.4. The summed E-state index contributed by atoms with van der Waals surface area (Å²) in [6.07, 6.45) is 27.6. The van der Waals surface area contributed by atoms with E-state index in [1.807, 2.05) is 0 Å². The van der Waals surface area contributed by atoms with Gasteiger partial charge in [0.25, 0.3) is 0 Å². The number of carboxylic acid groups (broad SMARTS) is 1. The van der Waals surface area contributed by atoms with E-state index < -0.39 is 18.1 Å². The molecule has 0 N–H and O–H groups in total. The summed E-state index contributed by atoms with van der Waals surface area (Å²) in [5.74, 6) is -1.80. The fraction of sp³-hybridized carbons (Fsp3) is 0.750. The number of esters is 2. The fourth-order valence-corrected chi connectivity index (χ4v) is 4.56. The lowest BCUT2D eigenvalue weighted by Gasteiger charge is -2.34. The molecule has 0 aliphatic heterocycles. The molecular weight excluding hydrogens is 558 g/mol. The SMILES string of the molecule is CC/C=C/C/C=C/CCCCC(=O)OCC(COCCC(C(=O)[O-])[N+](C)(C)C)OC(=O)CCCCCCC/C=C/CCCC. The van der Waals surface area contributed by atoms with Gasteiger partial charge in [-0.05, 0) is 57.8 Å². The zero-order valence-electron chi connectivity index (χ0n) is 28.6. The van der Waals surface area contributed by atoms with Crippen molar-refractivity contribution >= 4 is 17.9 Å². The van der Waals surface area contributed by atoms with Crippen LogP contribution in [-0.4, -0.2) is 75.5 Å². The highest BCUT2D eigenvalue weighted by atomic mass is 16.6. The minimum absolute atomic E-state index is 0.0268. The van der Waals surface area contributed by atoms with Crippen LogP contribution in [0.4, 0.5) is 0 Å². The van der Waals surface area contributed by atoms with E-state index in [4.69, 9.17) is 14.2 Å². The highest BCUT2D eigenvalue weighted by Gasteiger charge is 2.25. The summed E-state index contributed by atoms with van der Waals surface area (Å²) in [5.41, 5.74) is 0. The van der Waals surface area contributed by atoms with Crippen LogP contribution in [-0.2, 0) is 28.6 Å². The first-order valence-electron chi connectivity index (χ1n) is 17.0. The van der Waals surface area contributed by atoms with Crippen LogP contribution in [0.2, 0.25) is 0 Å². The minimum Gasteiger partial charge on any atom is -0.544 e. The van der Waals surface area contributed by atoms with Crippen molar-refractivity contribution in [2.45, 2.75) is 135 Å². The quantitative estimate of drug-likeness (QED) is 0.0400. The lowest BCUT2D eigenvalue weighted by molar-refractivity contribution is -0.889. The number of carbonyl (C=O) groups is 3. The smallest absolute Gasteiger partial charge is 0.306 e. The Morgan fingerprint density at radius 2 is 1.27 bits per heavy atom. The zero-order valence-corrected chi connectivity index (χ0v) is 28.6. The standard InChI is InChI=1S/C36H63NO7/c1-6-8-10-12-14-16-17-19-21-23-25-27-35(39)44-32(30-42-29-28-33(36(40)41)37(3,4)5)31-43-34(38)26-24-22-20-18-15-13-11-9-7-2/h9,11-12,14-15,18,32-33H,6-8,10,13,16-17,19-31H2,1-5H3/b11-9+,14-12+,18-15+. The van der Waals surface area contributed by atoms with Crippen molar-refractivity contribution in [1.29, 1.82) is 0 Å². The van der Waals surface area contributed by atoms with E-state index in [0.29, 0.717) is 12.8 Å². The molecule has 2 unspecified atom stereocenters. The fourth-order valence-electron chi connectivity index (χ4n) is 4.56. The number of rotatable bonds is 29. The highest BCUT2D eigenvalue weighted by Crippen LogP contribution is 2.11. The number of aliphatic carboxylic acids is 1. The van der Waals surface area contributed by atoms with Gasteiger partial charge in [-0.1, -0.05) is 82.4 Å². The highest BCUT2D eigenvalue weighted by molar-refractivity contribution is 5.70. The van der Waals surface area contributed by atoms with Gasteiger partial charge in [-0.3, -0.25) is 9.59 Å². The second-order valence-electron chi connectivity index (χ2n) is 12.4. The number of hydrogen-bond acceptors (Lipinski definition) is 7. The maximum Gasteiger partial charge on any atom is 0.306 e. The first-order valence-corrected chi connectivity index (χ1v) is 17.0. The third-order valence-corrected chi connectivity index (χ3v) is 7.26. The molecule has 2 atom stereocenters. The first-order chi connectivity index (χ1) is 21.1. The zero-order chi connectivity index (χ0) is 32.9. The normalized spacial score (nSPS) is 13.6. The number of carboxylic acids is 1. The predicted molar refractivity (Wildman–Crippen MR) is 176 cm³/mol. The summed E-state index contributed by atoms with van der Waals surface area (Å²) in [7, 11) is 5.37. The number of nitrogens with zero attached hydrogens (tertiary/aromatic N) is 1. The number of likely N-dealkylation sites (N-methyl/N-ethyl adjacent to an activating group) is 1.